The van der Waals surface area contributed by atoms with Gasteiger partial charge in [-0.15, -0.1) is 0 Å². The number of unbranched alkanes of at least 4 members (excludes halogenated alkanes) is 1. The van der Waals surface area contributed by atoms with Gasteiger partial charge in [-0.1, -0.05) is 40.5 Å². The van der Waals surface area contributed by atoms with Gasteiger partial charge in [-0.25, -0.2) is 4.98 Å². The zero-order valence-electron chi connectivity index (χ0n) is 11.8. The molecule has 1 aromatic rings. The van der Waals surface area contributed by atoms with Crippen LogP contribution in [0.25, 0.3) is 0 Å². The molecule has 0 aliphatic rings. The Kier molecular flexibility index (Phi) is 5.16. The highest BCUT2D eigenvalue weighted by Crippen LogP contribution is 2.20. The Morgan fingerprint density at radius 1 is 1.18 bits per heavy atom. The van der Waals surface area contributed by atoms with Crippen molar-refractivity contribution >= 4 is 0 Å². The molecule has 0 aromatic carbocycles. The molecular formula is C14H25FN2. The van der Waals surface area contributed by atoms with Crippen LogP contribution in [0.15, 0.2) is 0 Å². The number of nitrogens with zero attached hydrogens (tertiary/aromatic N) is 2. The number of aryl methyl sites for hydroxylation is 1. The van der Waals surface area contributed by atoms with Crippen LogP contribution in [0.5, 0.6) is 0 Å². The number of hydrogen-bond acceptors (Lipinski definition) is 1. The summed E-state index contributed by atoms with van der Waals surface area (Å²) >= 11 is 0. The standard InChI is InChI=1S/C14H25FN2/c1-10(2)8-6-7-9-12-16-14(15)13(11(3)4)17(12)5/h10-11H,6-9H2,1-5H3. The second-order valence-corrected chi connectivity index (χ2v) is 5.56. The van der Waals surface area contributed by atoms with Crippen LogP contribution in [-0.4, -0.2) is 9.55 Å². The van der Waals surface area contributed by atoms with Gasteiger partial charge >= 0.3 is 0 Å². The molecular weight excluding hydrogens is 215 g/mol. The first-order chi connectivity index (χ1) is 7.93. The molecule has 0 aliphatic heterocycles. The Balaban J connectivity index is 2.57. The Morgan fingerprint density at radius 2 is 1.82 bits per heavy atom. The van der Waals surface area contributed by atoms with Crippen molar-refractivity contribution in [2.75, 3.05) is 0 Å². The summed E-state index contributed by atoms with van der Waals surface area (Å²) in [6, 6.07) is 0. The van der Waals surface area contributed by atoms with E-state index in [1.807, 2.05) is 25.5 Å². The van der Waals surface area contributed by atoms with Crippen molar-refractivity contribution in [2.24, 2.45) is 13.0 Å². The molecule has 2 nitrogen and oxygen atoms in total. The molecule has 0 radical (unpaired) electrons. The fraction of sp³-hybridized carbons (Fsp3) is 0.786. The van der Waals surface area contributed by atoms with E-state index >= 15 is 0 Å². The summed E-state index contributed by atoms with van der Waals surface area (Å²) in [7, 11) is 1.92. The van der Waals surface area contributed by atoms with Gasteiger partial charge < -0.3 is 4.57 Å². The first-order valence-electron chi connectivity index (χ1n) is 6.64. The summed E-state index contributed by atoms with van der Waals surface area (Å²) in [5.41, 5.74) is 0.726. The SMILES string of the molecule is CC(C)CCCCc1nc(F)c(C(C)C)n1C. The molecule has 1 rings (SSSR count). The predicted octanol–water partition coefficient (Wildman–Crippen LogP) is 4.05. The Morgan fingerprint density at radius 3 is 2.29 bits per heavy atom. The van der Waals surface area contributed by atoms with Crippen LogP contribution < -0.4 is 0 Å². The zero-order chi connectivity index (χ0) is 13.0. The summed E-state index contributed by atoms with van der Waals surface area (Å²) in [5.74, 6) is 1.53. The summed E-state index contributed by atoms with van der Waals surface area (Å²) in [6.45, 7) is 8.47. The molecule has 0 unspecified atom stereocenters. The smallest absolute Gasteiger partial charge is 0.234 e. The lowest BCUT2D eigenvalue weighted by molar-refractivity contribution is 0.530. The maximum Gasteiger partial charge on any atom is 0.234 e. The van der Waals surface area contributed by atoms with Crippen LogP contribution in [0.4, 0.5) is 4.39 Å². The van der Waals surface area contributed by atoms with E-state index in [9.17, 15) is 4.39 Å². The van der Waals surface area contributed by atoms with E-state index in [4.69, 9.17) is 0 Å². The number of hydrogen-bond donors (Lipinski definition) is 0. The minimum Gasteiger partial charge on any atom is -0.332 e. The molecule has 0 atom stereocenters. The number of aromatic nitrogens is 2. The van der Waals surface area contributed by atoms with E-state index in [-0.39, 0.29) is 11.9 Å². The van der Waals surface area contributed by atoms with Crippen LogP contribution in [0.2, 0.25) is 0 Å². The van der Waals surface area contributed by atoms with Gasteiger partial charge in [-0.3, -0.25) is 0 Å². The molecule has 0 fully saturated rings. The average Bonchev–Trinajstić information content (AvgIpc) is 2.48. The molecule has 98 valence electrons. The van der Waals surface area contributed by atoms with Crippen LogP contribution in [0.1, 0.15) is 64.4 Å². The van der Waals surface area contributed by atoms with E-state index in [0.717, 1.165) is 30.3 Å². The maximum atomic E-state index is 13.6. The molecule has 17 heavy (non-hydrogen) atoms. The van der Waals surface area contributed by atoms with Gasteiger partial charge in [0.1, 0.15) is 5.82 Å². The minimum absolute atomic E-state index is 0.192. The van der Waals surface area contributed by atoms with Crippen molar-refractivity contribution in [1.29, 1.82) is 0 Å². The third-order valence-corrected chi connectivity index (χ3v) is 3.17. The van der Waals surface area contributed by atoms with E-state index in [2.05, 4.69) is 18.8 Å². The molecule has 3 heteroatoms. The fourth-order valence-corrected chi connectivity index (χ4v) is 2.21. The predicted molar refractivity (Wildman–Crippen MR) is 69.6 cm³/mol. The Hall–Kier alpha value is -0.860. The van der Waals surface area contributed by atoms with Crippen LogP contribution in [0, 0.1) is 11.9 Å². The van der Waals surface area contributed by atoms with E-state index in [1.165, 1.54) is 12.8 Å². The molecule has 0 bridgehead atoms. The molecule has 1 heterocycles. The summed E-state index contributed by atoms with van der Waals surface area (Å²) in [6.07, 6.45) is 4.42. The van der Waals surface area contributed by atoms with Crippen molar-refractivity contribution in [3.05, 3.63) is 17.5 Å². The van der Waals surface area contributed by atoms with Crippen LogP contribution in [-0.2, 0) is 13.5 Å². The van der Waals surface area contributed by atoms with Crippen molar-refractivity contribution in [2.45, 2.75) is 59.3 Å². The van der Waals surface area contributed by atoms with E-state index in [1.54, 1.807) is 0 Å². The fourth-order valence-electron chi connectivity index (χ4n) is 2.21. The van der Waals surface area contributed by atoms with Crippen molar-refractivity contribution in [1.82, 2.24) is 9.55 Å². The summed E-state index contributed by atoms with van der Waals surface area (Å²) in [5, 5.41) is 0. The summed E-state index contributed by atoms with van der Waals surface area (Å²) in [4.78, 5) is 4.04. The molecule has 0 saturated heterocycles. The Labute approximate surface area is 104 Å². The van der Waals surface area contributed by atoms with Gasteiger partial charge in [0.2, 0.25) is 5.95 Å². The van der Waals surface area contributed by atoms with E-state index in [0.29, 0.717) is 0 Å². The quantitative estimate of drug-likeness (QED) is 0.686. The highest BCUT2D eigenvalue weighted by atomic mass is 19.1. The lowest BCUT2D eigenvalue weighted by Gasteiger charge is -2.08. The van der Waals surface area contributed by atoms with Crippen LogP contribution >= 0.6 is 0 Å². The number of halogens is 1. The molecule has 0 spiro atoms. The zero-order valence-corrected chi connectivity index (χ0v) is 11.8. The highest BCUT2D eigenvalue weighted by Gasteiger charge is 2.16. The largest absolute Gasteiger partial charge is 0.332 e. The lowest BCUT2D eigenvalue weighted by Crippen LogP contribution is -2.04. The average molecular weight is 240 g/mol. The van der Waals surface area contributed by atoms with Gasteiger partial charge in [0.25, 0.3) is 0 Å². The van der Waals surface area contributed by atoms with Gasteiger partial charge in [-0.05, 0) is 18.3 Å². The minimum atomic E-state index is -0.290. The topological polar surface area (TPSA) is 17.8 Å². The van der Waals surface area contributed by atoms with Gasteiger partial charge in [0.05, 0.1) is 5.69 Å². The first kappa shape index (κ1) is 14.2. The van der Waals surface area contributed by atoms with Crippen LogP contribution in [0.3, 0.4) is 0 Å². The highest BCUT2D eigenvalue weighted by molar-refractivity contribution is 5.11. The second-order valence-electron chi connectivity index (χ2n) is 5.56. The number of rotatable bonds is 6. The van der Waals surface area contributed by atoms with Crippen molar-refractivity contribution < 1.29 is 4.39 Å². The Bertz CT molecular complexity index is 353. The van der Waals surface area contributed by atoms with Gasteiger partial charge in [-0.2, -0.15) is 4.39 Å². The molecule has 0 N–H and O–H groups in total. The van der Waals surface area contributed by atoms with Gasteiger partial charge in [0.15, 0.2) is 0 Å². The lowest BCUT2D eigenvalue weighted by atomic mass is 10.1. The van der Waals surface area contributed by atoms with Crippen molar-refractivity contribution in [3.8, 4) is 0 Å². The second kappa shape index (κ2) is 6.18. The maximum absolute atomic E-state index is 13.6. The monoisotopic (exact) mass is 240 g/mol. The summed E-state index contributed by atoms with van der Waals surface area (Å²) < 4.78 is 15.6. The third kappa shape index (κ3) is 3.83. The van der Waals surface area contributed by atoms with E-state index < -0.39 is 0 Å². The normalized spacial score (nSPS) is 11.8. The number of imidazole rings is 1. The third-order valence-electron chi connectivity index (χ3n) is 3.17. The van der Waals surface area contributed by atoms with Gasteiger partial charge in [0, 0.05) is 13.5 Å². The molecule has 0 aliphatic carbocycles. The molecule has 1 aromatic heterocycles. The molecule has 0 saturated carbocycles. The molecule has 0 amide bonds. The van der Waals surface area contributed by atoms with Crippen molar-refractivity contribution in [3.63, 3.8) is 0 Å². The first-order valence-corrected chi connectivity index (χ1v) is 6.64.